The summed E-state index contributed by atoms with van der Waals surface area (Å²) in [5, 5.41) is 19.4. The highest BCUT2D eigenvalue weighted by atomic mass is 16.3. The Labute approximate surface area is 180 Å². The number of aryl methyl sites for hydroxylation is 1. The first-order valence-electron chi connectivity index (χ1n) is 10.2. The standard InChI is InChI=1S/C23H25N5O3/c1-27-20(15-21(26-27)25-23(31)28-13-11-19(29)12-14-28)22(30)24-18-9-7-17(8-10-18)16-5-3-2-4-6-16/h2-10,15,19,29H,11-14H2,1H3,(H,24,30)(H,25,26,31). The van der Waals surface area contributed by atoms with E-state index < -0.39 is 0 Å². The monoisotopic (exact) mass is 419 g/mol. The lowest BCUT2D eigenvalue weighted by atomic mass is 10.1. The van der Waals surface area contributed by atoms with Crippen LogP contribution in [-0.2, 0) is 7.05 Å². The van der Waals surface area contributed by atoms with Crippen LogP contribution in [0.15, 0.2) is 60.7 Å². The summed E-state index contributed by atoms with van der Waals surface area (Å²) >= 11 is 0. The summed E-state index contributed by atoms with van der Waals surface area (Å²) in [5.74, 6) is -0.00717. The van der Waals surface area contributed by atoms with E-state index >= 15 is 0 Å². The molecule has 3 aromatic rings. The van der Waals surface area contributed by atoms with Crippen molar-refractivity contribution in [3.8, 4) is 11.1 Å². The molecule has 0 bridgehead atoms. The summed E-state index contributed by atoms with van der Waals surface area (Å²) in [6, 6.07) is 18.9. The van der Waals surface area contributed by atoms with Gasteiger partial charge in [0.25, 0.3) is 5.91 Å². The molecule has 1 fully saturated rings. The van der Waals surface area contributed by atoms with Gasteiger partial charge in [-0.3, -0.25) is 14.8 Å². The van der Waals surface area contributed by atoms with E-state index in [1.807, 2.05) is 54.6 Å². The van der Waals surface area contributed by atoms with Crippen molar-refractivity contribution < 1.29 is 14.7 Å². The highest BCUT2D eigenvalue weighted by Crippen LogP contribution is 2.21. The topological polar surface area (TPSA) is 99.5 Å². The number of nitrogens with one attached hydrogen (secondary N) is 2. The number of aliphatic hydroxyl groups excluding tert-OH is 1. The van der Waals surface area contributed by atoms with E-state index in [0.717, 1.165) is 11.1 Å². The molecule has 1 aliphatic rings. The number of anilines is 2. The van der Waals surface area contributed by atoms with E-state index in [2.05, 4.69) is 15.7 Å². The fraction of sp³-hybridized carbons (Fsp3) is 0.261. The second kappa shape index (κ2) is 9.01. The lowest BCUT2D eigenvalue weighted by Crippen LogP contribution is -2.42. The maximum Gasteiger partial charge on any atom is 0.323 e. The van der Waals surface area contributed by atoms with Gasteiger partial charge in [0.05, 0.1) is 6.10 Å². The number of urea groups is 1. The number of carbonyl (C=O) groups excluding carboxylic acids is 2. The zero-order valence-electron chi connectivity index (χ0n) is 17.3. The molecule has 3 N–H and O–H groups in total. The molecular weight excluding hydrogens is 394 g/mol. The molecule has 3 amide bonds. The summed E-state index contributed by atoms with van der Waals surface area (Å²) < 4.78 is 1.43. The van der Waals surface area contributed by atoms with E-state index in [1.165, 1.54) is 4.68 Å². The molecule has 160 valence electrons. The Kier molecular flexibility index (Phi) is 5.99. The number of hydrogen-bond acceptors (Lipinski definition) is 4. The Bertz CT molecular complexity index is 1050. The Morgan fingerprint density at radius 2 is 1.61 bits per heavy atom. The summed E-state index contributed by atoms with van der Waals surface area (Å²) in [6.07, 6.45) is 0.773. The number of hydrogen-bond donors (Lipinski definition) is 3. The first kappa shape index (κ1) is 20.6. The molecule has 8 nitrogen and oxygen atoms in total. The number of aromatic nitrogens is 2. The van der Waals surface area contributed by atoms with Gasteiger partial charge in [-0.1, -0.05) is 42.5 Å². The molecule has 0 spiro atoms. The van der Waals surface area contributed by atoms with Crippen LogP contribution < -0.4 is 10.6 Å². The molecule has 0 saturated carbocycles. The van der Waals surface area contributed by atoms with Crippen molar-refractivity contribution in [3.63, 3.8) is 0 Å². The molecule has 0 unspecified atom stereocenters. The zero-order valence-corrected chi connectivity index (χ0v) is 17.3. The number of rotatable bonds is 4. The molecule has 1 aromatic heterocycles. The van der Waals surface area contributed by atoms with E-state index in [4.69, 9.17) is 0 Å². The summed E-state index contributed by atoms with van der Waals surface area (Å²) in [6.45, 7) is 0.984. The van der Waals surface area contributed by atoms with Gasteiger partial charge in [-0.15, -0.1) is 0 Å². The van der Waals surface area contributed by atoms with Gasteiger partial charge in [-0.2, -0.15) is 5.10 Å². The molecule has 0 radical (unpaired) electrons. The van der Waals surface area contributed by atoms with E-state index in [9.17, 15) is 14.7 Å². The van der Waals surface area contributed by atoms with E-state index in [-0.39, 0.29) is 18.0 Å². The summed E-state index contributed by atoms with van der Waals surface area (Å²) in [4.78, 5) is 26.7. The van der Waals surface area contributed by atoms with Crippen molar-refractivity contribution in [1.29, 1.82) is 0 Å². The minimum absolute atomic E-state index is 0.284. The summed E-state index contributed by atoms with van der Waals surface area (Å²) in [5.41, 5.74) is 3.17. The SMILES string of the molecule is Cn1nc(NC(=O)N2CCC(O)CC2)cc1C(=O)Nc1ccc(-c2ccccc2)cc1. The number of aliphatic hydroxyl groups is 1. The van der Waals surface area contributed by atoms with Gasteiger partial charge in [-0.05, 0) is 36.1 Å². The normalized spacial score (nSPS) is 14.3. The predicted molar refractivity (Wildman–Crippen MR) is 119 cm³/mol. The Balaban J connectivity index is 1.39. The number of likely N-dealkylation sites (tertiary alicyclic amines) is 1. The largest absolute Gasteiger partial charge is 0.393 e. The smallest absolute Gasteiger partial charge is 0.323 e. The lowest BCUT2D eigenvalue weighted by Gasteiger charge is -2.29. The van der Waals surface area contributed by atoms with Crippen molar-refractivity contribution in [2.24, 2.45) is 7.05 Å². The zero-order chi connectivity index (χ0) is 21.8. The molecule has 2 aromatic carbocycles. The van der Waals surface area contributed by atoms with Crippen LogP contribution in [0.5, 0.6) is 0 Å². The molecule has 8 heteroatoms. The third-order valence-corrected chi connectivity index (χ3v) is 5.35. The van der Waals surface area contributed by atoms with Gasteiger partial charge in [0.2, 0.25) is 0 Å². The minimum atomic E-state index is -0.351. The average molecular weight is 419 g/mol. The van der Waals surface area contributed by atoms with Crippen LogP contribution in [0.4, 0.5) is 16.3 Å². The number of nitrogens with zero attached hydrogens (tertiary/aromatic N) is 3. The average Bonchev–Trinajstić information content (AvgIpc) is 3.15. The Hall–Kier alpha value is -3.65. The van der Waals surface area contributed by atoms with Crippen molar-refractivity contribution in [3.05, 3.63) is 66.4 Å². The second-order valence-corrected chi connectivity index (χ2v) is 7.58. The van der Waals surface area contributed by atoms with Gasteiger partial charge < -0.3 is 15.3 Å². The number of benzene rings is 2. The van der Waals surface area contributed by atoms with Gasteiger partial charge in [0.1, 0.15) is 5.69 Å². The summed E-state index contributed by atoms with van der Waals surface area (Å²) in [7, 11) is 1.65. The van der Waals surface area contributed by atoms with Crippen LogP contribution in [0.3, 0.4) is 0 Å². The highest BCUT2D eigenvalue weighted by molar-refractivity contribution is 6.04. The molecule has 1 aliphatic heterocycles. The van der Waals surface area contributed by atoms with Crippen LogP contribution in [0.25, 0.3) is 11.1 Å². The van der Waals surface area contributed by atoms with Crippen LogP contribution in [0.1, 0.15) is 23.3 Å². The second-order valence-electron chi connectivity index (χ2n) is 7.58. The molecule has 4 rings (SSSR count). The predicted octanol–water partition coefficient (Wildman–Crippen LogP) is 3.33. The number of piperidine rings is 1. The Morgan fingerprint density at radius 3 is 2.29 bits per heavy atom. The van der Waals surface area contributed by atoms with E-state index in [1.54, 1.807) is 18.0 Å². The van der Waals surface area contributed by atoms with Crippen LogP contribution in [0, 0.1) is 0 Å². The van der Waals surface area contributed by atoms with Crippen molar-refractivity contribution >= 4 is 23.4 Å². The molecule has 2 heterocycles. The van der Waals surface area contributed by atoms with Crippen LogP contribution in [-0.4, -0.2) is 50.9 Å². The number of amides is 3. The van der Waals surface area contributed by atoms with Crippen molar-refractivity contribution in [2.45, 2.75) is 18.9 Å². The third-order valence-electron chi connectivity index (χ3n) is 5.35. The minimum Gasteiger partial charge on any atom is -0.393 e. The molecular formula is C23H25N5O3. The van der Waals surface area contributed by atoms with Gasteiger partial charge >= 0.3 is 6.03 Å². The molecule has 0 atom stereocenters. The molecule has 31 heavy (non-hydrogen) atoms. The fourth-order valence-corrected chi connectivity index (χ4v) is 3.57. The first-order valence-corrected chi connectivity index (χ1v) is 10.2. The highest BCUT2D eigenvalue weighted by Gasteiger charge is 2.22. The maximum absolute atomic E-state index is 12.7. The van der Waals surface area contributed by atoms with Crippen molar-refractivity contribution in [1.82, 2.24) is 14.7 Å². The number of carbonyl (C=O) groups is 2. The van der Waals surface area contributed by atoms with Gasteiger partial charge in [0.15, 0.2) is 5.82 Å². The fourth-order valence-electron chi connectivity index (χ4n) is 3.57. The molecule has 1 saturated heterocycles. The first-order chi connectivity index (χ1) is 15.0. The van der Waals surface area contributed by atoms with Crippen LogP contribution >= 0.6 is 0 Å². The van der Waals surface area contributed by atoms with Crippen LogP contribution in [0.2, 0.25) is 0 Å². The van der Waals surface area contributed by atoms with Gasteiger partial charge in [-0.25, -0.2) is 4.79 Å². The molecule has 0 aliphatic carbocycles. The lowest BCUT2D eigenvalue weighted by molar-refractivity contribution is 0.0970. The quantitative estimate of drug-likeness (QED) is 0.604. The Morgan fingerprint density at radius 1 is 0.968 bits per heavy atom. The third kappa shape index (κ3) is 4.92. The van der Waals surface area contributed by atoms with Crippen molar-refractivity contribution in [2.75, 3.05) is 23.7 Å². The maximum atomic E-state index is 12.7. The van der Waals surface area contributed by atoms with Gasteiger partial charge in [0, 0.05) is 31.9 Å². The van der Waals surface area contributed by atoms with E-state index in [0.29, 0.717) is 43.1 Å².